The van der Waals surface area contributed by atoms with Crippen molar-refractivity contribution in [3.05, 3.63) is 58.6 Å². The molecule has 1 fully saturated rings. The van der Waals surface area contributed by atoms with Gasteiger partial charge in [-0.05, 0) is 45.7 Å². The van der Waals surface area contributed by atoms with E-state index < -0.39 is 0 Å². The average molecular weight is 456 g/mol. The van der Waals surface area contributed by atoms with Gasteiger partial charge < -0.3 is 9.64 Å². The van der Waals surface area contributed by atoms with Crippen molar-refractivity contribution < 1.29 is 9.66 Å². The first-order valence-corrected chi connectivity index (χ1v) is 12.2. The van der Waals surface area contributed by atoms with E-state index in [0.29, 0.717) is 0 Å². The van der Waals surface area contributed by atoms with Crippen molar-refractivity contribution in [1.29, 1.82) is 0 Å². The molecular formula is C25H33N3O3S. The van der Waals surface area contributed by atoms with Gasteiger partial charge in [-0.15, -0.1) is 0 Å². The smallest absolute Gasteiger partial charge is 0.270 e. The molecule has 1 aliphatic rings. The number of rotatable bonds is 8. The number of nitro benzene ring substituents is 1. The maximum atomic E-state index is 11.4. The minimum atomic E-state index is -0.358. The lowest BCUT2D eigenvalue weighted by atomic mass is 10.0. The second-order valence-corrected chi connectivity index (χ2v) is 10.1. The highest BCUT2D eigenvalue weighted by molar-refractivity contribution is 8.14. The van der Waals surface area contributed by atoms with E-state index in [4.69, 9.17) is 9.73 Å². The maximum absolute atomic E-state index is 11.4. The van der Waals surface area contributed by atoms with E-state index >= 15 is 0 Å². The molecule has 0 amide bonds. The van der Waals surface area contributed by atoms with Crippen LogP contribution >= 0.6 is 11.8 Å². The number of ether oxygens (including phenoxy) is 1. The monoisotopic (exact) mass is 455 g/mol. The molecule has 172 valence electrons. The predicted molar refractivity (Wildman–Crippen MR) is 134 cm³/mol. The number of thioether (sulfide) groups is 1. The molecule has 0 aliphatic carbocycles. The van der Waals surface area contributed by atoms with E-state index in [-0.39, 0.29) is 28.4 Å². The van der Waals surface area contributed by atoms with Gasteiger partial charge in [0, 0.05) is 30.0 Å². The van der Waals surface area contributed by atoms with Crippen molar-refractivity contribution in [2.24, 2.45) is 4.99 Å². The lowest BCUT2D eigenvalue weighted by Crippen LogP contribution is -2.45. The molecule has 0 N–H and O–H groups in total. The molecule has 3 rings (SSSR count). The zero-order chi connectivity index (χ0) is 23.3. The van der Waals surface area contributed by atoms with E-state index in [1.54, 1.807) is 23.9 Å². The maximum Gasteiger partial charge on any atom is 0.270 e. The summed E-state index contributed by atoms with van der Waals surface area (Å²) in [6.45, 7) is 11.5. The molecule has 0 aromatic heterocycles. The van der Waals surface area contributed by atoms with Crippen LogP contribution in [0.3, 0.4) is 0 Å². The van der Waals surface area contributed by atoms with Crippen molar-refractivity contribution in [1.82, 2.24) is 4.90 Å². The largest absolute Gasteiger partial charge is 0.371 e. The minimum Gasteiger partial charge on any atom is -0.371 e. The molecule has 32 heavy (non-hydrogen) atoms. The van der Waals surface area contributed by atoms with Crippen LogP contribution in [0.2, 0.25) is 0 Å². The van der Waals surface area contributed by atoms with Crippen LogP contribution in [0.25, 0.3) is 11.1 Å². The van der Waals surface area contributed by atoms with Gasteiger partial charge in [0.05, 0.1) is 28.4 Å². The van der Waals surface area contributed by atoms with Gasteiger partial charge in [-0.25, -0.2) is 4.99 Å². The number of hydrogen-bond donors (Lipinski definition) is 0. The Balaban J connectivity index is 1.99. The molecular weight excluding hydrogens is 422 g/mol. The van der Waals surface area contributed by atoms with Gasteiger partial charge in [0.2, 0.25) is 0 Å². The summed E-state index contributed by atoms with van der Waals surface area (Å²) in [5.41, 5.74) is 2.29. The van der Waals surface area contributed by atoms with Gasteiger partial charge >= 0.3 is 0 Å². The highest BCUT2D eigenvalue weighted by Gasteiger charge is 2.36. The zero-order valence-corrected chi connectivity index (χ0v) is 20.4. The molecule has 1 saturated heterocycles. The third kappa shape index (κ3) is 6.11. The summed E-state index contributed by atoms with van der Waals surface area (Å²) in [5, 5.41) is 12.3. The van der Waals surface area contributed by atoms with E-state index in [1.807, 2.05) is 30.3 Å². The molecule has 0 bridgehead atoms. The van der Waals surface area contributed by atoms with Gasteiger partial charge in [-0.1, -0.05) is 55.4 Å². The summed E-state index contributed by atoms with van der Waals surface area (Å²) in [6, 6.07) is 14.9. The normalized spacial score (nSPS) is 18.8. The Bertz CT molecular complexity index is 957. The molecule has 2 atom stereocenters. The summed E-state index contributed by atoms with van der Waals surface area (Å²) in [7, 11) is 0. The third-order valence-electron chi connectivity index (χ3n) is 5.35. The third-order valence-corrected chi connectivity index (χ3v) is 6.45. The molecule has 2 aromatic rings. The summed E-state index contributed by atoms with van der Waals surface area (Å²) in [6.07, 6.45) is 2.24. The molecule has 6 nitrogen and oxygen atoms in total. The van der Waals surface area contributed by atoms with Gasteiger partial charge in [0.1, 0.15) is 0 Å². The minimum absolute atomic E-state index is 0.0671. The second-order valence-electron chi connectivity index (χ2n) is 9.08. The Morgan fingerprint density at radius 1 is 1.25 bits per heavy atom. The van der Waals surface area contributed by atoms with Crippen LogP contribution in [0, 0.1) is 10.1 Å². The number of amidine groups is 1. The van der Waals surface area contributed by atoms with Crippen LogP contribution in [0.1, 0.15) is 47.5 Å². The molecule has 7 heteroatoms. The zero-order valence-electron chi connectivity index (χ0n) is 19.6. The highest BCUT2D eigenvalue weighted by atomic mass is 32.2. The summed E-state index contributed by atoms with van der Waals surface area (Å²) >= 11 is 1.73. The van der Waals surface area contributed by atoms with Crippen molar-refractivity contribution >= 4 is 28.3 Å². The van der Waals surface area contributed by atoms with Crippen LogP contribution in [0.15, 0.2) is 53.5 Å². The molecule has 0 saturated carbocycles. The van der Waals surface area contributed by atoms with Crippen LogP contribution < -0.4 is 0 Å². The van der Waals surface area contributed by atoms with E-state index in [9.17, 15) is 10.1 Å². The van der Waals surface area contributed by atoms with Crippen molar-refractivity contribution in [2.45, 2.75) is 65.2 Å². The fourth-order valence-electron chi connectivity index (χ4n) is 3.87. The SMILES string of the molecule is CCCCN1C(=Nc2ccc([N+](=O)[O-])cc2-c2ccccc2)SC[C@@H]1[C@@H](C)OC(C)(C)C. The number of unbranched alkanes of at least 4 members (excludes halogenated alkanes) is 1. The first-order valence-electron chi connectivity index (χ1n) is 11.2. The first-order chi connectivity index (χ1) is 15.2. The Hall–Kier alpha value is -2.38. The summed E-state index contributed by atoms with van der Waals surface area (Å²) < 4.78 is 6.28. The molecule has 0 spiro atoms. The Morgan fingerprint density at radius 3 is 2.59 bits per heavy atom. The van der Waals surface area contributed by atoms with E-state index in [1.165, 1.54) is 6.07 Å². The summed E-state index contributed by atoms with van der Waals surface area (Å²) in [5.74, 6) is 0.910. The molecule has 1 heterocycles. The molecule has 0 unspecified atom stereocenters. The lowest BCUT2D eigenvalue weighted by Gasteiger charge is -2.34. The quantitative estimate of drug-likeness (QED) is 0.328. The van der Waals surface area contributed by atoms with E-state index in [2.05, 4.69) is 39.5 Å². The number of hydrogen-bond acceptors (Lipinski definition) is 5. The Kier molecular flexibility index (Phi) is 7.96. The number of non-ortho nitro benzene ring substituents is 1. The molecule has 1 aliphatic heterocycles. The fraction of sp³-hybridized carbons (Fsp3) is 0.480. The number of aliphatic imine (C=N–C) groups is 1. The standard InChI is InChI=1S/C25H33N3O3S/c1-6-7-15-27-23(18(2)31-25(3,4)5)17-32-24(27)26-22-14-13-20(28(29)30)16-21(22)19-11-9-8-10-12-19/h8-14,16,18,23H,6-7,15,17H2,1-5H3/t18-,23-/m1/s1. The number of benzene rings is 2. The van der Waals surface area contributed by atoms with Crippen LogP contribution in [0.5, 0.6) is 0 Å². The van der Waals surface area contributed by atoms with Gasteiger partial charge in [-0.3, -0.25) is 10.1 Å². The van der Waals surface area contributed by atoms with E-state index in [0.717, 1.165) is 47.1 Å². The van der Waals surface area contributed by atoms with Crippen LogP contribution in [-0.4, -0.2) is 45.0 Å². The van der Waals surface area contributed by atoms with Crippen LogP contribution in [-0.2, 0) is 4.74 Å². The lowest BCUT2D eigenvalue weighted by molar-refractivity contribution is -0.384. The molecule has 0 radical (unpaired) electrons. The Labute approximate surface area is 195 Å². The Morgan fingerprint density at radius 2 is 1.97 bits per heavy atom. The second kappa shape index (κ2) is 10.5. The van der Waals surface area contributed by atoms with Crippen molar-refractivity contribution in [3.63, 3.8) is 0 Å². The van der Waals surface area contributed by atoms with Crippen LogP contribution in [0.4, 0.5) is 11.4 Å². The van der Waals surface area contributed by atoms with Gasteiger partial charge in [-0.2, -0.15) is 0 Å². The first kappa shape index (κ1) is 24.3. The van der Waals surface area contributed by atoms with Crippen molar-refractivity contribution in [3.8, 4) is 11.1 Å². The highest BCUT2D eigenvalue weighted by Crippen LogP contribution is 2.37. The number of nitro groups is 1. The number of nitrogens with zero attached hydrogens (tertiary/aromatic N) is 3. The fourth-order valence-corrected chi connectivity index (χ4v) is 5.20. The molecule has 2 aromatic carbocycles. The van der Waals surface area contributed by atoms with Gasteiger partial charge in [0.15, 0.2) is 5.17 Å². The summed E-state index contributed by atoms with van der Waals surface area (Å²) in [4.78, 5) is 18.4. The van der Waals surface area contributed by atoms with Gasteiger partial charge in [0.25, 0.3) is 5.69 Å². The topological polar surface area (TPSA) is 68.0 Å². The predicted octanol–water partition coefficient (Wildman–Crippen LogP) is 6.67. The van der Waals surface area contributed by atoms with Crippen molar-refractivity contribution in [2.75, 3.05) is 12.3 Å². The average Bonchev–Trinajstić information content (AvgIpc) is 3.14.